The molecule has 0 spiro atoms. The average molecular weight is 336 g/mol. The largest absolute Gasteiger partial charge is 0.790 e. The van der Waals surface area contributed by atoms with Crippen molar-refractivity contribution in [3.63, 3.8) is 0 Å². The van der Waals surface area contributed by atoms with E-state index < -0.39 is 53.0 Å². The Kier molecular flexibility index (Phi) is 5.48. The Balaban J connectivity index is 2.67. The van der Waals surface area contributed by atoms with Crippen LogP contribution in [0, 0.1) is 0 Å². The minimum absolute atomic E-state index is 1.03. The van der Waals surface area contributed by atoms with Crippen LogP contribution in [0.3, 0.4) is 0 Å². The zero-order chi connectivity index (χ0) is 15.8. The van der Waals surface area contributed by atoms with E-state index in [9.17, 15) is 44.0 Å². The van der Waals surface area contributed by atoms with Crippen LogP contribution in [0.15, 0.2) is 0 Å². The van der Waals surface area contributed by atoms with Gasteiger partial charge in [-0.05, 0) is 0 Å². The molecule has 120 valence electrons. The first-order valence-electron chi connectivity index (χ1n) is 4.93. The van der Waals surface area contributed by atoms with Crippen molar-refractivity contribution in [2.45, 2.75) is 24.1 Å². The van der Waals surface area contributed by atoms with E-state index in [-0.39, 0.29) is 0 Å². The van der Waals surface area contributed by atoms with Crippen LogP contribution >= 0.6 is 15.6 Å². The summed E-state index contributed by atoms with van der Waals surface area (Å²) in [7, 11) is -10.9. The fourth-order valence-corrected chi connectivity index (χ4v) is 2.13. The summed E-state index contributed by atoms with van der Waals surface area (Å²) in [5.74, 6) is -2.78. The molecule has 0 aliphatic carbocycles. The van der Waals surface area contributed by atoms with E-state index in [1.165, 1.54) is 0 Å². The van der Waals surface area contributed by atoms with E-state index in [2.05, 4.69) is 13.8 Å². The number of rotatable bonds is 6. The molecule has 0 aromatic rings. The van der Waals surface area contributed by atoms with Crippen LogP contribution in [0.5, 0.6) is 0 Å². The van der Waals surface area contributed by atoms with Gasteiger partial charge in [-0.3, -0.25) is 0 Å². The zero-order valence-corrected chi connectivity index (χ0v) is 11.3. The highest BCUT2D eigenvalue weighted by Crippen LogP contribution is 2.35. The number of hydrogen-bond acceptors (Lipinski definition) is 12. The van der Waals surface area contributed by atoms with Crippen LogP contribution in [0.1, 0.15) is 0 Å². The molecule has 0 amide bonds. The summed E-state index contributed by atoms with van der Waals surface area (Å²) >= 11 is 0. The molecule has 1 fully saturated rings. The fourth-order valence-electron chi connectivity index (χ4n) is 1.46. The minimum atomic E-state index is -5.48. The van der Waals surface area contributed by atoms with Crippen molar-refractivity contribution < 1.29 is 57.8 Å². The van der Waals surface area contributed by atoms with Crippen LogP contribution in [0.2, 0.25) is 0 Å². The average Bonchev–Trinajstić information content (AvgIpc) is 2.48. The summed E-state index contributed by atoms with van der Waals surface area (Å²) in [5, 5.41) is 28.5. The zero-order valence-electron chi connectivity index (χ0n) is 9.56. The van der Waals surface area contributed by atoms with Crippen LogP contribution in [-0.2, 0) is 22.9 Å². The van der Waals surface area contributed by atoms with Crippen molar-refractivity contribution in [3.05, 3.63) is 0 Å². The molecule has 0 bridgehead atoms. The summed E-state index contributed by atoms with van der Waals surface area (Å²) in [4.78, 5) is 41.0. The standard InChI is InChI=1S/C6H14O12P2/c7-4-3(1-16-19(10,11)12)18-6(9,5(4)8)2-17-20(13,14)15/h3-5,7-9H,1-2H2,(H2,10,11,12)(H2,13,14,15)/p-4/t3-,4-,5+,6?/m1/s1. The summed E-state index contributed by atoms with van der Waals surface area (Å²) in [6.45, 7) is -2.37. The van der Waals surface area contributed by atoms with Crippen molar-refractivity contribution in [2.75, 3.05) is 13.2 Å². The number of hydrogen-bond donors (Lipinski definition) is 3. The van der Waals surface area contributed by atoms with Gasteiger partial charge in [-0.15, -0.1) is 0 Å². The highest BCUT2D eigenvalue weighted by Gasteiger charge is 2.53. The van der Waals surface area contributed by atoms with Crippen molar-refractivity contribution in [2.24, 2.45) is 0 Å². The SMILES string of the molecule is O=P([O-])([O-])OC[C@H]1OC(O)(COP(=O)([O-])[O-])[C@@H](O)[C@@H]1O. The third-order valence-electron chi connectivity index (χ3n) is 2.35. The number of aliphatic hydroxyl groups excluding tert-OH is 2. The van der Waals surface area contributed by atoms with E-state index in [1.807, 2.05) is 0 Å². The number of aliphatic hydroxyl groups is 3. The topological polar surface area (TPSA) is 215 Å². The highest BCUT2D eigenvalue weighted by atomic mass is 31.2. The summed E-state index contributed by atoms with van der Waals surface area (Å²) in [6.07, 6.45) is -5.69. The molecular formula is C6H10O12P2-4. The molecular weight excluding hydrogens is 326 g/mol. The lowest BCUT2D eigenvalue weighted by Crippen LogP contribution is -2.47. The maximum absolute atomic E-state index is 10.3. The Bertz CT molecular complexity index is 428. The number of phosphoric ester groups is 2. The number of ether oxygens (including phenoxy) is 1. The summed E-state index contributed by atoms with van der Waals surface area (Å²) in [5.41, 5.74) is 0. The van der Waals surface area contributed by atoms with Crippen molar-refractivity contribution in [1.29, 1.82) is 0 Å². The molecule has 4 atom stereocenters. The van der Waals surface area contributed by atoms with Gasteiger partial charge in [0, 0.05) is 0 Å². The second-order valence-corrected chi connectivity index (χ2v) is 6.21. The third-order valence-corrected chi connectivity index (χ3v) is 3.26. The predicted octanol–water partition coefficient (Wildman–Crippen LogP) is -5.51. The van der Waals surface area contributed by atoms with Crippen LogP contribution in [0.4, 0.5) is 0 Å². The van der Waals surface area contributed by atoms with Gasteiger partial charge in [0.1, 0.15) is 24.9 Å². The Morgan fingerprint density at radius 2 is 1.60 bits per heavy atom. The first-order valence-corrected chi connectivity index (χ1v) is 7.86. The van der Waals surface area contributed by atoms with E-state index in [4.69, 9.17) is 0 Å². The second-order valence-electron chi connectivity index (χ2n) is 3.90. The molecule has 12 nitrogen and oxygen atoms in total. The van der Waals surface area contributed by atoms with Gasteiger partial charge in [0.25, 0.3) is 0 Å². The Morgan fingerprint density at radius 1 is 1.10 bits per heavy atom. The third kappa shape index (κ3) is 5.11. The highest BCUT2D eigenvalue weighted by molar-refractivity contribution is 7.43. The fraction of sp³-hybridized carbons (Fsp3) is 1.00. The monoisotopic (exact) mass is 336 g/mol. The second kappa shape index (κ2) is 6.05. The maximum Gasteiger partial charge on any atom is 0.219 e. The van der Waals surface area contributed by atoms with Gasteiger partial charge in [0.2, 0.25) is 5.79 Å². The number of phosphoric acid groups is 2. The van der Waals surface area contributed by atoms with Crippen LogP contribution in [-0.4, -0.2) is 52.6 Å². The molecule has 3 N–H and O–H groups in total. The Morgan fingerprint density at radius 3 is 2.05 bits per heavy atom. The molecule has 1 aliphatic heterocycles. The van der Waals surface area contributed by atoms with Crippen LogP contribution < -0.4 is 19.6 Å². The molecule has 1 unspecified atom stereocenters. The van der Waals surface area contributed by atoms with Gasteiger partial charge in [-0.1, -0.05) is 0 Å². The molecule has 1 saturated heterocycles. The molecule has 0 radical (unpaired) electrons. The van der Waals surface area contributed by atoms with Crippen LogP contribution in [0.25, 0.3) is 0 Å². The maximum atomic E-state index is 10.3. The van der Waals surface area contributed by atoms with Crippen molar-refractivity contribution in [1.82, 2.24) is 0 Å². The summed E-state index contributed by atoms with van der Waals surface area (Å²) < 4.78 is 32.6. The molecule has 0 saturated carbocycles. The normalized spacial score (nSPS) is 35.5. The molecule has 0 aromatic carbocycles. The van der Waals surface area contributed by atoms with E-state index in [0.717, 1.165) is 0 Å². The molecule has 20 heavy (non-hydrogen) atoms. The Labute approximate surface area is 112 Å². The predicted molar refractivity (Wildman–Crippen MR) is 49.0 cm³/mol. The van der Waals surface area contributed by atoms with Gasteiger partial charge < -0.3 is 57.8 Å². The van der Waals surface area contributed by atoms with E-state index in [0.29, 0.717) is 0 Å². The van der Waals surface area contributed by atoms with Crippen molar-refractivity contribution in [3.8, 4) is 0 Å². The first kappa shape index (κ1) is 18.1. The van der Waals surface area contributed by atoms with Gasteiger partial charge in [-0.25, -0.2) is 0 Å². The van der Waals surface area contributed by atoms with Crippen molar-refractivity contribution >= 4 is 15.6 Å². The van der Waals surface area contributed by atoms with E-state index >= 15 is 0 Å². The van der Waals surface area contributed by atoms with Gasteiger partial charge >= 0.3 is 0 Å². The molecule has 1 rings (SSSR count). The summed E-state index contributed by atoms with van der Waals surface area (Å²) in [6, 6.07) is 0. The molecule has 1 heterocycles. The minimum Gasteiger partial charge on any atom is -0.790 e. The van der Waals surface area contributed by atoms with Gasteiger partial charge in [0.15, 0.2) is 0 Å². The molecule has 1 aliphatic rings. The van der Waals surface area contributed by atoms with E-state index in [1.54, 1.807) is 0 Å². The van der Waals surface area contributed by atoms with Gasteiger partial charge in [0.05, 0.1) is 22.3 Å². The lowest BCUT2D eigenvalue weighted by Gasteiger charge is -2.34. The molecule has 0 aromatic heterocycles. The Hall–Kier alpha value is 0.0600. The quantitative estimate of drug-likeness (QED) is 0.387. The first-order chi connectivity index (χ1) is 8.84. The van der Waals surface area contributed by atoms with Gasteiger partial charge in [-0.2, -0.15) is 0 Å². The molecule has 14 heteroatoms. The lowest BCUT2D eigenvalue weighted by molar-refractivity contribution is -0.350. The smallest absolute Gasteiger partial charge is 0.219 e. The lowest BCUT2D eigenvalue weighted by atomic mass is 10.1.